The van der Waals surface area contributed by atoms with Crippen molar-refractivity contribution in [2.45, 2.75) is 13.8 Å². The van der Waals surface area contributed by atoms with Gasteiger partial charge in [-0.25, -0.2) is 0 Å². The first kappa shape index (κ1) is 19.0. The number of para-hydroxylation sites is 2. The van der Waals surface area contributed by atoms with E-state index in [4.69, 9.17) is 4.98 Å². The lowest BCUT2D eigenvalue weighted by Crippen LogP contribution is -2.60. The lowest BCUT2D eigenvalue weighted by Gasteiger charge is -2.42. The Morgan fingerprint density at radius 1 is 0.714 bits per heavy atom. The zero-order valence-electron chi connectivity index (χ0n) is 19.7. The average molecular weight is 447 g/mol. The molecule has 0 spiro atoms. The maximum atomic E-state index is 4.94. The van der Waals surface area contributed by atoms with Gasteiger partial charge in [0.15, 0.2) is 0 Å². The lowest BCUT2D eigenvalue weighted by molar-refractivity contribution is 1.16. The number of pyridine rings is 1. The molecule has 0 bridgehead atoms. The van der Waals surface area contributed by atoms with E-state index in [-0.39, 0.29) is 6.85 Å². The molecule has 0 saturated carbocycles. The van der Waals surface area contributed by atoms with Crippen molar-refractivity contribution in [2.24, 2.45) is 0 Å². The molecule has 0 radical (unpaired) electrons. The van der Waals surface area contributed by atoms with Crippen LogP contribution < -0.4 is 15.7 Å². The van der Waals surface area contributed by atoms with Crippen LogP contribution in [0.5, 0.6) is 0 Å². The fourth-order valence-corrected chi connectivity index (χ4v) is 6.53. The van der Waals surface area contributed by atoms with Gasteiger partial charge in [-0.3, -0.25) is 4.98 Å². The topological polar surface area (TPSA) is 21.1 Å². The van der Waals surface area contributed by atoms with Gasteiger partial charge >= 0.3 is 6.85 Å². The second-order valence-electron chi connectivity index (χ2n) is 9.77. The zero-order valence-corrected chi connectivity index (χ0v) is 19.7. The van der Waals surface area contributed by atoms with Crippen molar-refractivity contribution in [2.75, 3.05) is 4.81 Å². The SMILES string of the molecule is Cc1cc(C)c2c(c1)c1nccc3c1n2-c1cccc2c1B3N(c1ccccc1)c1ccccc1-2. The number of nitrogens with zero attached hydrogens (tertiary/aromatic N) is 3. The fourth-order valence-electron chi connectivity index (χ4n) is 6.53. The Morgan fingerprint density at radius 2 is 1.49 bits per heavy atom. The van der Waals surface area contributed by atoms with E-state index >= 15 is 0 Å². The van der Waals surface area contributed by atoms with Crippen LogP contribution in [0.15, 0.2) is 97.2 Å². The van der Waals surface area contributed by atoms with Crippen LogP contribution in [-0.4, -0.2) is 16.4 Å². The molecule has 35 heavy (non-hydrogen) atoms. The molecule has 2 aliphatic heterocycles. The first-order valence-electron chi connectivity index (χ1n) is 12.2. The Morgan fingerprint density at radius 3 is 2.37 bits per heavy atom. The predicted octanol–water partition coefficient (Wildman–Crippen LogP) is 6.03. The Kier molecular flexibility index (Phi) is 3.61. The van der Waals surface area contributed by atoms with Crippen molar-refractivity contribution < 1.29 is 0 Å². The van der Waals surface area contributed by atoms with E-state index in [9.17, 15) is 0 Å². The largest absolute Gasteiger partial charge is 0.376 e. The quantitative estimate of drug-likeness (QED) is 0.287. The minimum atomic E-state index is 0.0715. The summed E-state index contributed by atoms with van der Waals surface area (Å²) in [5.41, 5.74) is 15.1. The highest BCUT2D eigenvalue weighted by atomic mass is 15.1. The molecule has 0 fully saturated rings. The number of rotatable bonds is 1. The summed E-state index contributed by atoms with van der Waals surface area (Å²) in [7, 11) is 0. The highest BCUT2D eigenvalue weighted by molar-refractivity contribution is 6.93. The van der Waals surface area contributed by atoms with Crippen molar-refractivity contribution in [3.8, 4) is 16.8 Å². The predicted molar refractivity (Wildman–Crippen MR) is 147 cm³/mol. The molecule has 0 N–H and O–H groups in total. The second kappa shape index (κ2) is 6.64. The summed E-state index contributed by atoms with van der Waals surface area (Å²) in [5, 5.41) is 1.24. The monoisotopic (exact) mass is 447 g/mol. The fraction of sp³-hybridized carbons (Fsp3) is 0.0645. The maximum Gasteiger partial charge on any atom is 0.333 e. The number of hydrogen-bond donors (Lipinski definition) is 0. The van der Waals surface area contributed by atoms with Crippen LogP contribution in [0.2, 0.25) is 0 Å². The Bertz CT molecular complexity index is 1830. The molecular formula is C31H22BN3. The Labute approximate surface area is 204 Å². The van der Waals surface area contributed by atoms with Crippen molar-refractivity contribution in [1.29, 1.82) is 0 Å². The molecule has 0 aliphatic carbocycles. The van der Waals surface area contributed by atoms with Crippen molar-refractivity contribution >= 4 is 51.1 Å². The molecule has 3 nitrogen and oxygen atoms in total. The summed E-state index contributed by atoms with van der Waals surface area (Å²) in [6.07, 6.45) is 2.00. The van der Waals surface area contributed by atoms with Crippen LogP contribution in [0.25, 0.3) is 38.8 Å². The van der Waals surface area contributed by atoms with E-state index < -0.39 is 0 Å². The van der Waals surface area contributed by atoms with E-state index in [2.05, 4.69) is 114 Å². The van der Waals surface area contributed by atoms with E-state index in [0.29, 0.717) is 0 Å². The van der Waals surface area contributed by atoms with Gasteiger partial charge in [0.05, 0.1) is 16.6 Å². The van der Waals surface area contributed by atoms with Gasteiger partial charge < -0.3 is 9.38 Å². The Balaban J connectivity index is 1.60. The molecule has 2 aliphatic rings. The number of fused-ring (bicyclic) bond motifs is 7. The molecule has 4 heterocycles. The van der Waals surface area contributed by atoms with Gasteiger partial charge in [0.1, 0.15) is 0 Å². The number of benzene rings is 4. The van der Waals surface area contributed by atoms with Crippen LogP contribution in [0.1, 0.15) is 11.1 Å². The molecule has 6 aromatic rings. The first-order chi connectivity index (χ1) is 17.2. The molecule has 164 valence electrons. The second-order valence-corrected chi connectivity index (χ2v) is 9.77. The highest BCUT2D eigenvalue weighted by Gasteiger charge is 2.43. The minimum Gasteiger partial charge on any atom is -0.376 e. The Hall–Kier alpha value is -4.31. The van der Waals surface area contributed by atoms with E-state index in [0.717, 1.165) is 5.52 Å². The summed E-state index contributed by atoms with van der Waals surface area (Å²) in [5.74, 6) is 0. The van der Waals surface area contributed by atoms with Gasteiger partial charge in [0.25, 0.3) is 0 Å². The number of anilines is 2. The third kappa shape index (κ3) is 2.34. The van der Waals surface area contributed by atoms with Gasteiger partial charge in [0.2, 0.25) is 0 Å². The number of aromatic nitrogens is 2. The molecule has 0 amide bonds. The normalized spacial score (nSPS) is 13.3. The number of hydrogen-bond acceptors (Lipinski definition) is 2. The standard InChI is InChI=1S/C31H22BN3/c1-19-17-20(2)30-24(18-19)29-31-25(15-16-33-29)32-28-23(12-8-14-27(28)34(30)31)22-11-6-7-13-26(22)35(32)21-9-4-3-5-10-21/h3-18H,1-2H3. The van der Waals surface area contributed by atoms with Crippen LogP contribution >= 0.6 is 0 Å². The maximum absolute atomic E-state index is 4.94. The van der Waals surface area contributed by atoms with Gasteiger partial charge in [-0.2, -0.15) is 0 Å². The van der Waals surface area contributed by atoms with Crippen molar-refractivity contribution in [3.63, 3.8) is 0 Å². The molecule has 8 rings (SSSR count). The summed E-state index contributed by atoms with van der Waals surface area (Å²) in [4.78, 5) is 7.46. The molecular weight excluding hydrogens is 425 g/mol. The summed E-state index contributed by atoms with van der Waals surface area (Å²) < 4.78 is 2.48. The molecule has 4 aromatic carbocycles. The van der Waals surface area contributed by atoms with Crippen LogP contribution in [0.4, 0.5) is 11.4 Å². The summed E-state index contributed by atoms with van der Waals surface area (Å²) >= 11 is 0. The zero-order chi connectivity index (χ0) is 23.3. The van der Waals surface area contributed by atoms with E-state index in [1.165, 1.54) is 66.7 Å². The van der Waals surface area contributed by atoms with Gasteiger partial charge in [-0.15, -0.1) is 0 Å². The highest BCUT2D eigenvalue weighted by Crippen LogP contribution is 2.43. The van der Waals surface area contributed by atoms with Gasteiger partial charge in [-0.1, -0.05) is 60.2 Å². The van der Waals surface area contributed by atoms with Gasteiger partial charge in [0, 0.05) is 34.2 Å². The van der Waals surface area contributed by atoms with Crippen molar-refractivity contribution in [1.82, 2.24) is 9.55 Å². The van der Waals surface area contributed by atoms with E-state index in [1.807, 2.05) is 6.20 Å². The number of aryl methyl sites for hydroxylation is 2. The van der Waals surface area contributed by atoms with Gasteiger partial charge in [-0.05, 0) is 72.3 Å². The third-order valence-electron chi connectivity index (χ3n) is 7.74. The molecule has 2 aromatic heterocycles. The summed E-state index contributed by atoms with van der Waals surface area (Å²) in [6.45, 7) is 4.47. The van der Waals surface area contributed by atoms with Crippen LogP contribution in [0, 0.1) is 13.8 Å². The van der Waals surface area contributed by atoms with Crippen molar-refractivity contribution in [3.05, 3.63) is 108 Å². The van der Waals surface area contributed by atoms with Crippen LogP contribution in [-0.2, 0) is 0 Å². The minimum absolute atomic E-state index is 0.0715. The molecule has 0 saturated heterocycles. The molecule has 4 heteroatoms. The van der Waals surface area contributed by atoms with Crippen LogP contribution in [0.3, 0.4) is 0 Å². The first-order valence-corrected chi connectivity index (χ1v) is 12.2. The smallest absolute Gasteiger partial charge is 0.333 e. The van der Waals surface area contributed by atoms with E-state index in [1.54, 1.807) is 0 Å². The third-order valence-corrected chi connectivity index (χ3v) is 7.74. The average Bonchev–Trinajstić information content (AvgIpc) is 3.23. The summed E-state index contributed by atoms with van der Waals surface area (Å²) in [6, 6.07) is 33.2. The lowest BCUT2D eigenvalue weighted by atomic mass is 9.44. The molecule has 0 unspecified atom stereocenters. The molecule has 0 atom stereocenters.